The number of nitrogens with one attached hydrogen (secondary N) is 1. The molecule has 0 fully saturated rings. The number of benzene rings is 1. The van der Waals surface area contributed by atoms with Gasteiger partial charge in [-0.15, -0.1) is 0 Å². The predicted octanol–water partition coefficient (Wildman–Crippen LogP) is 1.70. The quantitative estimate of drug-likeness (QED) is 0.484. The van der Waals surface area contributed by atoms with Gasteiger partial charge in [0.1, 0.15) is 0 Å². The number of nitrogens with zero attached hydrogens (tertiary/aromatic N) is 2. The van der Waals surface area contributed by atoms with Crippen LogP contribution < -0.4 is 10.2 Å². The van der Waals surface area contributed by atoms with E-state index in [2.05, 4.69) is 5.32 Å². The molecule has 0 saturated carbocycles. The predicted molar refractivity (Wildman–Crippen MR) is 69.6 cm³/mol. The molecule has 0 atom stereocenters. The summed E-state index contributed by atoms with van der Waals surface area (Å²) in [5.41, 5.74) is 0.0290. The third-order valence-corrected chi connectivity index (χ3v) is 2.60. The van der Waals surface area contributed by atoms with E-state index in [0.717, 1.165) is 6.07 Å². The number of carbonyl (C=O) groups is 1. The van der Waals surface area contributed by atoms with Gasteiger partial charge in [0.15, 0.2) is 5.82 Å². The summed E-state index contributed by atoms with van der Waals surface area (Å²) in [6, 6.07) is 3.55. The van der Waals surface area contributed by atoms with Gasteiger partial charge in [0, 0.05) is 33.1 Å². The maximum atomic E-state index is 13.7. The zero-order chi connectivity index (χ0) is 14.4. The van der Waals surface area contributed by atoms with E-state index in [1.807, 2.05) is 0 Å². The number of nitro groups is 1. The molecule has 0 saturated heterocycles. The molecule has 7 heteroatoms. The van der Waals surface area contributed by atoms with Gasteiger partial charge in [-0.3, -0.25) is 14.9 Å². The van der Waals surface area contributed by atoms with Crippen molar-refractivity contribution in [1.29, 1.82) is 0 Å². The SMILES string of the molecule is CC(=O)NCCCN(C)c1ccc([N+](=O)[O-])cc1F. The lowest BCUT2D eigenvalue weighted by Crippen LogP contribution is -2.26. The van der Waals surface area contributed by atoms with Crippen LogP contribution in [0, 0.1) is 15.9 Å². The number of nitro benzene ring substituents is 1. The molecule has 104 valence electrons. The summed E-state index contributed by atoms with van der Waals surface area (Å²) in [4.78, 5) is 22.2. The Bertz CT molecular complexity index is 479. The van der Waals surface area contributed by atoms with E-state index in [-0.39, 0.29) is 11.6 Å². The summed E-state index contributed by atoms with van der Waals surface area (Å²) >= 11 is 0. The maximum absolute atomic E-state index is 13.7. The Hall–Kier alpha value is -2.18. The fraction of sp³-hybridized carbons (Fsp3) is 0.417. The molecule has 0 aliphatic rings. The van der Waals surface area contributed by atoms with Crippen molar-refractivity contribution in [2.24, 2.45) is 0 Å². The fourth-order valence-electron chi connectivity index (χ4n) is 1.62. The molecule has 1 rings (SSSR count). The van der Waals surface area contributed by atoms with E-state index in [1.54, 1.807) is 11.9 Å². The monoisotopic (exact) mass is 269 g/mol. The Morgan fingerprint density at radius 2 is 2.21 bits per heavy atom. The van der Waals surface area contributed by atoms with Crippen LogP contribution in [0.3, 0.4) is 0 Å². The van der Waals surface area contributed by atoms with E-state index in [9.17, 15) is 19.3 Å². The van der Waals surface area contributed by atoms with Crippen molar-refractivity contribution in [2.75, 3.05) is 25.0 Å². The van der Waals surface area contributed by atoms with Gasteiger partial charge in [0.2, 0.25) is 5.91 Å². The summed E-state index contributed by atoms with van der Waals surface area (Å²) in [6.45, 7) is 2.48. The summed E-state index contributed by atoms with van der Waals surface area (Å²) in [7, 11) is 1.69. The number of amides is 1. The number of hydrogen-bond acceptors (Lipinski definition) is 4. The molecule has 1 aromatic rings. The Balaban J connectivity index is 2.59. The highest BCUT2D eigenvalue weighted by Crippen LogP contribution is 2.23. The van der Waals surface area contributed by atoms with Crippen LogP contribution in [0.5, 0.6) is 0 Å². The van der Waals surface area contributed by atoms with Crippen molar-refractivity contribution in [1.82, 2.24) is 5.32 Å². The van der Waals surface area contributed by atoms with Gasteiger partial charge in [-0.2, -0.15) is 0 Å². The molecular formula is C12H16FN3O3. The number of halogens is 1. The number of anilines is 1. The van der Waals surface area contributed by atoms with Gasteiger partial charge >= 0.3 is 0 Å². The van der Waals surface area contributed by atoms with Crippen molar-refractivity contribution in [2.45, 2.75) is 13.3 Å². The number of carbonyl (C=O) groups excluding carboxylic acids is 1. The van der Waals surface area contributed by atoms with E-state index in [1.165, 1.54) is 19.1 Å². The second-order valence-electron chi connectivity index (χ2n) is 4.15. The van der Waals surface area contributed by atoms with Gasteiger partial charge in [-0.05, 0) is 12.5 Å². The maximum Gasteiger partial charge on any atom is 0.272 e. The highest BCUT2D eigenvalue weighted by atomic mass is 19.1. The summed E-state index contributed by atoms with van der Waals surface area (Å²) in [6.07, 6.45) is 0.659. The zero-order valence-corrected chi connectivity index (χ0v) is 10.9. The minimum Gasteiger partial charge on any atom is -0.372 e. The lowest BCUT2D eigenvalue weighted by molar-refractivity contribution is -0.385. The van der Waals surface area contributed by atoms with Gasteiger partial charge in [-0.1, -0.05) is 0 Å². The van der Waals surface area contributed by atoms with Crippen LogP contribution in [-0.4, -0.2) is 31.0 Å². The molecule has 6 nitrogen and oxygen atoms in total. The first kappa shape index (κ1) is 14.9. The Morgan fingerprint density at radius 3 is 2.74 bits per heavy atom. The van der Waals surface area contributed by atoms with Crippen LogP contribution in [0.25, 0.3) is 0 Å². The van der Waals surface area contributed by atoms with Crippen molar-refractivity contribution < 1.29 is 14.1 Å². The average Bonchev–Trinajstić information content (AvgIpc) is 2.33. The number of non-ortho nitro benzene ring substituents is 1. The van der Waals surface area contributed by atoms with E-state index < -0.39 is 10.7 Å². The summed E-state index contributed by atoms with van der Waals surface area (Å²) in [5, 5.41) is 13.1. The molecule has 0 aliphatic heterocycles. The second kappa shape index (κ2) is 6.67. The van der Waals surface area contributed by atoms with E-state index in [4.69, 9.17) is 0 Å². The van der Waals surface area contributed by atoms with Crippen molar-refractivity contribution in [3.8, 4) is 0 Å². The third-order valence-electron chi connectivity index (χ3n) is 2.60. The number of rotatable bonds is 6. The van der Waals surface area contributed by atoms with E-state index in [0.29, 0.717) is 25.2 Å². The van der Waals surface area contributed by atoms with Crippen LogP contribution in [0.2, 0.25) is 0 Å². The lowest BCUT2D eigenvalue weighted by Gasteiger charge is -2.19. The Morgan fingerprint density at radius 1 is 1.53 bits per heavy atom. The minimum atomic E-state index is -0.635. The van der Waals surface area contributed by atoms with Gasteiger partial charge in [-0.25, -0.2) is 4.39 Å². The lowest BCUT2D eigenvalue weighted by atomic mass is 10.2. The number of hydrogen-bond donors (Lipinski definition) is 1. The molecule has 19 heavy (non-hydrogen) atoms. The van der Waals surface area contributed by atoms with Crippen LogP contribution in [0.15, 0.2) is 18.2 Å². The summed E-state index contributed by atoms with van der Waals surface area (Å²) in [5.74, 6) is -0.736. The highest BCUT2D eigenvalue weighted by Gasteiger charge is 2.13. The van der Waals surface area contributed by atoms with Crippen LogP contribution in [0.1, 0.15) is 13.3 Å². The van der Waals surface area contributed by atoms with E-state index >= 15 is 0 Å². The van der Waals surface area contributed by atoms with Crippen LogP contribution in [0.4, 0.5) is 15.8 Å². The largest absolute Gasteiger partial charge is 0.372 e. The molecule has 0 aromatic heterocycles. The molecule has 0 unspecified atom stereocenters. The molecule has 1 N–H and O–H groups in total. The fourth-order valence-corrected chi connectivity index (χ4v) is 1.62. The normalized spacial score (nSPS) is 10.1. The van der Waals surface area contributed by atoms with Crippen molar-refractivity contribution in [3.05, 3.63) is 34.1 Å². The topological polar surface area (TPSA) is 75.5 Å². The van der Waals surface area contributed by atoms with Gasteiger partial charge in [0.05, 0.1) is 16.7 Å². The second-order valence-corrected chi connectivity index (χ2v) is 4.15. The molecule has 0 spiro atoms. The van der Waals surface area contributed by atoms with Crippen molar-refractivity contribution in [3.63, 3.8) is 0 Å². The highest BCUT2D eigenvalue weighted by molar-refractivity contribution is 5.72. The van der Waals surface area contributed by atoms with Crippen LogP contribution in [-0.2, 0) is 4.79 Å². The molecule has 0 bridgehead atoms. The standard InChI is InChI=1S/C12H16FN3O3/c1-9(17)14-6-3-7-15(2)12-5-4-10(16(18)19)8-11(12)13/h4-5,8H,3,6-7H2,1-2H3,(H,14,17). The zero-order valence-electron chi connectivity index (χ0n) is 10.9. The smallest absolute Gasteiger partial charge is 0.272 e. The van der Waals surface area contributed by atoms with Crippen LogP contribution >= 0.6 is 0 Å². The molecule has 1 aromatic carbocycles. The molecule has 0 heterocycles. The molecular weight excluding hydrogens is 253 g/mol. The minimum absolute atomic E-state index is 0.107. The Kier molecular flexibility index (Phi) is 5.23. The molecule has 0 radical (unpaired) electrons. The van der Waals surface area contributed by atoms with Gasteiger partial charge < -0.3 is 10.2 Å². The summed E-state index contributed by atoms with van der Waals surface area (Å²) < 4.78 is 13.7. The average molecular weight is 269 g/mol. The first-order valence-electron chi connectivity index (χ1n) is 5.81. The third kappa shape index (κ3) is 4.53. The van der Waals surface area contributed by atoms with Crippen molar-refractivity contribution >= 4 is 17.3 Å². The molecule has 0 aliphatic carbocycles. The molecule has 1 amide bonds. The van der Waals surface area contributed by atoms with Gasteiger partial charge in [0.25, 0.3) is 5.69 Å². The first-order chi connectivity index (χ1) is 8.91. The first-order valence-corrected chi connectivity index (χ1v) is 5.81. The Labute approximate surface area is 110 Å².